The van der Waals surface area contributed by atoms with E-state index in [0.29, 0.717) is 62.3 Å². The summed E-state index contributed by atoms with van der Waals surface area (Å²) >= 11 is 0. The Morgan fingerprint density at radius 1 is 1.10 bits per heavy atom. The summed E-state index contributed by atoms with van der Waals surface area (Å²) < 4.78 is 11.7. The van der Waals surface area contributed by atoms with Crippen LogP contribution >= 0.6 is 0 Å². The summed E-state index contributed by atoms with van der Waals surface area (Å²) in [7, 11) is -1.69. The van der Waals surface area contributed by atoms with Crippen LogP contribution in [0.2, 0.25) is 18.6 Å². The van der Waals surface area contributed by atoms with Gasteiger partial charge in [-0.05, 0) is 68.1 Å². The minimum atomic E-state index is -3.05. The first-order chi connectivity index (χ1) is 22.9. The second-order valence-corrected chi connectivity index (χ2v) is 18.2. The van der Waals surface area contributed by atoms with Gasteiger partial charge in [-0.25, -0.2) is 0 Å². The lowest BCUT2D eigenvalue weighted by Crippen LogP contribution is -2.48. The number of rotatable bonds is 10. The van der Waals surface area contributed by atoms with Gasteiger partial charge in [0.05, 0.1) is 38.0 Å². The average Bonchev–Trinajstić information content (AvgIpc) is 3.70. The molecule has 2 N–H and O–H groups in total. The fraction of sp³-hybridized carbons (Fsp3) is 0.556. The third kappa shape index (κ3) is 5.97. The summed E-state index contributed by atoms with van der Waals surface area (Å²) in [5.41, 5.74) is 2.23. The van der Waals surface area contributed by atoms with Gasteiger partial charge in [0, 0.05) is 55.2 Å². The van der Waals surface area contributed by atoms with E-state index in [-0.39, 0.29) is 49.2 Å². The number of aliphatic hydroxyl groups is 1. The number of carbonyl (C=O) groups is 4. The molecule has 3 amide bonds. The highest BCUT2D eigenvalue weighted by molar-refractivity contribution is 6.71. The van der Waals surface area contributed by atoms with E-state index in [1.54, 1.807) is 14.7 Å². The predicted molar refractivity (Wildman–Crippen MR) is 182 cm³/mol. The van der Waals surface area contributed by atoms with Crippen LogP contribution in [0.3, 0.4) is 0 Å². The van der Waals surface area contributed by atoms with E-state index in [1.165, 1.54) is 7.11 Å². The molecule has 0 aromatic heterocycles. The number of hydrogen-bond donors (Lipinski definition) is 2. The molecule has 258 valence electrons. The Morgan fingerprint density at radius 2 is 1.85 bits per heavy atom. The lowest BCUT2D eigenvalue weighted by molar-refractivity contribution is -0.151. The summed E-state index contributed by atoms with van der Waals surface area (Å²) in [4.78, 5) is 70.3. The molecule has 2 fully saturated rings. The molecular formula is C36H47N3O8Si. The molecule has 12 heteroatoms. The van der Waals surface area contributed by atoms with Gasteiger partial charge in [0.2, 0.25) is 11.8 Å². The Hall–Kier alpha value is -3.58. The van der Waals surface area contributed by atoms with E-state index in [4.69, 9.17) is 9.47 Å². The summed E-state index contributed by atoms with van der Waals surface area (Å²) in [6.45, 7) is 6.72. The van der Waals surface area contributed by atoms with E-state index >= 15 is 0 Å². The molecule has 0 aliphatic carbocycles. The zero-order valence-corrected chi connectivity index (χ0v) is 29.3. The molecule has 4 heterocycles. The number of aliphatic hydroxyl groups excluding tert-OH is 1. The number of fused-ring (bicyclic) bond motifs is 3. The van der Waals surface area contributed by atoms with Gasteiger partial charge in [0.1, 0.15) is 0 Å². The number of esters is 1. The Morgan fingerprint density at radius 3 is 2.52 bits per heavy atom. The Balaban J connectivity index is 1.35. The normalized spacial score (nSPS) is 26.8. The highest BCUT2D eigenvalue weighted by atomic mass is 28.4. The number of methoxy groups -OCH3 is 1. The van der Waals surface area contributed by atoms with Crippen LogP contribution in [0.25, 0.3) is 0 Å². The largest absolute Gasteiger partial charge is 0.469 e. The van der Waals surface area contributed by atoms with Crippen LogP contribution in [-0.4, -0.2) is 85.8 Å². The predicted octanol–water partition coefficient (Wildman–Crippen LogP) is 3.64. The van der Waals surface area contributed by atoms with Crippen LogP contribution in [0.4, 0.5) is 11.4 Å². The average molecular weight is 678 g/mol. The molecule has 4 aliphatic heterocycles. The molecule has 48 heavy (non-hydrogen) atoms. The second-order valence-electron chi connectivity index (χ2n) is 14.2. The molecule has 0 saturated carbocycles. The van der Waals surface area contributed by atoms with Crippen LogP contribution in [0.1, 0.15) is 62.1 Å². The number of ether oxygens (including phenoxy) is 2. The number of anilines is 2. The van der Waals surface area contributed by atoms with Gasteiger partial charge in [-0.3, -0.25) is 19.2 Å². The topological polar surface area (TPSA) is 137 Å². The minimum absolute atomic E-state index is 0.0279. The number of nitrogens with zero attached hydrogens (tertiary/aromatic N) is 3. The van der Waals surface area contributed by atoms with Gasteiger partial charge < -0.3 is 34.1 Å². The van der Waals surface area contributed by atoms with Gasteiger partial charge in [-0.1, -0.05) is 31.2 Å². The third-order valence-corrected chi connectivity index (χ3v) is 13.4. The highest BCUT2D eigenvalue weighted by Crippen LogP contribution is 2.60. The number of carbonyl (C=O) groups excluding carboxylic acids is 4. The molecule has 6 rings (SSSR count). The van der Waals surface area contributed by atoms with Crippen molar-refractivity contribution in [2.24, 2.45) is 5.92 Å². The van der Waals surface area contributed by atoms with Crippen molar-refractivity contribution >= 4 is 43.4 Å². The number of hydrogen-bond acceptors (Lipinski definition) is 8. The maximum atomic E-state index is 14.8. The van der Waals surface area contributed by atoms with Crippen LogP contribution < -0.4 is 9.80 Å². The zero-order valence-electron chi connectivity index (χ0n) is 28.3. The van der Waals surface area contributed by atoms with E-state index in [0.717, 1.165) is 17.5 Å². The van der Waals surface area contributed by atoms with Crippen molar-refractivity contribution < 1.29 is 38.6 Å². The van der Waals surface area contributed by atoms with E-state index in [1.807, 2.05) is 62.5 Å². The van der Waals surface area contributed by atoms with E-state index in [9.17, 15) is 29.1 Å². The minimum Gasteiger partial charge on any atom is -0.469 e. The van der Waals surface area contributed by atoms with Gasteiger partial charge in [0.15, 0.2) is 13.9 Å². The molecule has 2 aromatic carbocycles. The van der Waals surface area contributed by atoms with Crippen LogP contribution in [-0.2, 0) is 47.2 Å². The first-order valence-electron chi connectivity index (χ1n) is 17.1. The molecule has 2 saturated heterocycles. The second kappa shape index (κ2) is 13.4. The fourth-order valence-electron chi connectivity index (χ4n) is 8.55. The fourth-order valence-corrected chi connectivity index (χ4v) is 11.1. The first kappa shape index (κ1) is 34.3. The van der Waals surface area contributed by atoms with E-state index in [2.05, 4.69) is 0 Å². The molecule has 0 radical (unpaired) electrons. The molecule has 2 aromatic rings. The van der Waals surface area contributed by atoms with E-state index < -0.39 is 31.5 Å². The van der Waals surface area contributed by atoms with Crippen molar-refractivity contribution in [1.29, 1.82) is 0 Å². The van der Waals surface area contributed by atoms with Gasteiger partial charge in [0.25, 0.3) is 5.91 Å². The van der Waals surface area contributed by atoms with Gasteiger partial charge >= 0.3 is 5.97 Å². The maximum absolute atomic E-state index is 14.8. The highest BCUT2D eigenvalue weighted by Gasteiger charge is 2.66. The summed E-state index contributed by atoms with van der Waals surface area (Å²) in [5, 5.41) is 10.3. The molecule has 5 atom stereocenters. The molecule has 4 aliphatic rings. The van der Waals surface area contributed by atoms with Crippen molar-refractivity contribution in [2.75, 3.05) is 36.6 Å². The summed E-state index contributed by atoms with van der Waals surface area (Å²) in [5.74, 6) is -1.21. The Kier molecular flexibility index (Phi) is 9.56. The lowest BCUT2D eigenvalue weighted by atomic mass is 9.82. The van der Waals surface area contributed by atoms with Crippen molar-refractivity contribution in [2.45, 2.75) is 94.8 Å². The summed E-state index contributed by atoms with van der Waals surface area (Å²) in [6.07, 6.45) is 2.31. The zero-order chi connectivity index (χ0) is 34.4. The molecule has 0 bridgehead atoms. The van der Waals surface area contributed by atoms with Crippen molar-refractivity contribution in [1.82, 2.24) is 4.90 Å². The molecule has 11 nitrogen and oxygen atoms in total. The standard InChI is InChI=1S/C36H47N3O8Si/c1-23-34(48(3,4)45)30(20-32(42)39-21-25-11-6-5-10-24(25)18-27(39)22-40)47-36(23)28-19-26(37-17-9-12-31(37)41)14-15-29(28)38(35(36)44)16-8-7-13-33(43)46-2/h5-6,10-11,14-15,19,23,27,30,34,40,45H,7-9,12-13,16-18,20-22H2,1-4H3/t23-,27+,30+,34-,36+/m1/s1. The monoisotopic (exact) mass is 677 g/mol. The first-order valence-corrected chi connectivity index (χ1v) is 20.1. The Labute approximate surface area is 282 Å². The van der Waals surface area contributed by atoms with Crippen LogP contribution in [0.15, 0.2) is 42.5 Å². The van der Waals surface area contributed by atoms with Crippen LogP contribution in [0.5, 0.6) is 0 Å². The quantitative estimate of drug-likeness (QED) is 0.221. The smallest absolute Gasteiger partial charge is 0.305 e. The number of benzene rings is 2. The third-order valence-electron chi connectivity index (χ3n) is 10.9. The molecular weight excluding hydrogens is 630 g/mol. The van der Waals surface area contributed by atoms with Crippen molar-refractivity contribution in [3.63, 3.8) is 0 Å². The Bertz CT molecular complexity index is 1590. The maximum Gasteiger partial charge on any atom is 0.305 e. The molecule has 1 spiro atoms. The number of amides is 3. The lowest BCUT2D eigenvalue weighted by Gasteiger charge is -2.37. The van der Waals surface area contributed by atoms with Crippen molar-refractivity contribution in [3.05, 3.63) is 59.2 Å². The van der Waals surface area contributed by atoms with Crippen molar-refractivity contribution in [3.8, 4) is 0 Å². The van der Waals surface area contributed by atoms with Crippen LogP contribution in [0, 0.1) is 5.92 Å². The molecule has 0 unspecified atom stereocenters. The van der Waals surface area contributed by atoms with Gasteiger partial charge in [-0.2, -0.15) is 0 Å². The van der Waals surface area contributed by atoms with Gasteiger partial charge in [-0.15, -0.1) is 0 Å². The number of unbranched alkanes of at least 4 members (excludes halogenated alkanes) is 1. The SMILES string of the molecule is COC(=O)CCCCN1C(=O)[C@@]2(O[C@@H](CC(=O)N3Cc4ccccc4C[C@H]3CO)[C@H]([Si](C)(C)O)[C@H]2C)c2cc(N3CCCC3=O)ccc21. The summed E-state index contributed by atoms with van der Waals surface area (Å²) in [6, 6.07) is 13.2.